The average Bonchev–Trinajstić information content (AvgIpc) is 2.27. The van der Waals surface area contributed by atoms with E-state index in [9.17, 15) is 4.79 Å². The Bertz CT molecular complexity index is 620. The van der Waals surface area contributed by atoms with Gasteiger partial charge in [-0.3, -0.25) is 9.78 Å². The number of hydrogen-bond acceptors (Lipinski definition) is 5. The minimum atomic E-state index is -0.399. The standard InChI is InChI=1S/C10H8N4O2/c11-10-13-8-7(9(15)14-10)16-6-4-2-1-3-5(6)12-8/h1-4H,(H4,11,12,13,14,15). The van der Waals surface area contributed by atoms with Gasteiger partial charge in [0.15, 0.2) is 11.6 Å². The van der Waals surface area contributed by atoms with Crippen LogP contribution < -0.4 is 21.3 Å². The second-order valence-corrected chi connectivity index (χ2v) is 3.35. The number of para-hydroxylation sites is 2. The average molecular weight is 216 g/mol. The number of aromatic nitrogens is 2. The zero-order chi connectivity index (χ0) is 11.1. The normalized spacial score (nSPS) is 12.0. The van der Waals surface area contributed by atoms with Gasteiger partial charge in [0, 0.05) is 0 Å². The Kier molecular flexibility index (Phi) is 1.64. The van der Waals surface area contributed by atoms with Crippen LogP contribution in [0.4, 0.5) is 17.5 Å². The number of H-pyrrole nitrogens is 1. The molecule has 0 fully saturated rings. The molecule has 1 aliphatic rings. The number of benzene rings is 1. The lowest BCUT2D eigenvalue weighted by atomic mass is 10.2. The molecule has 0 spiro atoms. The summed E-state index contributed by atoms with van der Waals surface area (Å²) in [6.45, 7) is 0. The van der Waals surface area contributed by atoms with Gasteiger partial charge in [-0.1, -0.05) is 12.1 Å². The van der Waals surface area contributed by atoms with E-state index in [1.165, 1.54) is 0 Å². The van der Waals surface area contributed by atoms with Crippen LogP contribution in [0.5, 0.6) is 11.5 Å². The molecule has 16 heavy (non-hydrogen) atoms. The van der Waals surface area contributed by atoms with Crippen molar-refractivity contribution in [2.45, 2.75) is 0 Å². The first-order valence-corrected chi connectivity index (χ1v) is 4.68. The molecular weight excluding hydrogens is 208 g/mol. The van der Waals surface area contributed by atoms with Crippen LogP contribution in [0.15, 0.2) is 29.1 Å². The molecule has 2 aromatic rings. The molecular formula is C10H8N4O2. The van der Waals surface area contributed by atoms with Gasteiger partial charge in [0.2, 0.25) is 11.7 Å². The third-order valence-corrected chi connectivity index (χ3v) is 2.25. The number of ether oxygens (including phenoxy) is 1. The van der Waals surface area contributed by atoms with E-state index in [4.69, 9.17) is 10.5 Å². The second-order valence-electron chi connectivity index (χ2n) is 3.35. The van der Waals surface area contributed by atoms with E-state index >= 15 is 0 Å². The number of rotatable bonds is 0. The van der Waals surface area contributed by atoms with Crippen LogP contribution in [0.3, 0.4) is 0 Å². The molecule has 0 atom stereocenters. The zero-order valence-electron chi connectivity index (χ0n) is 8.15. The highest BCUT2D eigenvalue weighted by Gasteiger charge is 2.20. The van der Waals surface area contributed by atoms with Crippen LogP contribution in [0.25, 0.3) is 0 Å². The van der Waals surface area contributed by atoms with Crippen LogP contribution in [0, 0.1) is 0 Å². The molecule has 0 saturated heterocycles. The first-order valence-electron chi connectivity index (χ1n) is 4.68. The molecule has 1 aliphatic heterocycles. The number of hydrogen-bond donors (Lipinski definition) is 3. The minimum Gasteiger partial charge on any atom is -0.445 e. The molecule has 1 aromatic carbocycles. The monoisotopic (exact) mass is 216 g/mol. The van der Waals surface area contributed by atoms with Gasteiger partial charge in [-0.15, -0.1) is 0 Å². The van der Waals surface area contributed by atoms with E-state index in [1.54, 1.807) is 6.07 Å². The zero-order valence-corrected chi connectivity index (χ0v) is 8.15. The highest BCUT2D eigenvalue weighted by Crippen LogP contribution is 2.38. The van der Waals surface area contributed by atoms with Crippen LogP contribution in [0.2, 0.25) is 0 Å². The Morgan fingerprint density at radius 3 is 3.00 bits per heavy atom. The molecule has 1 aromatic heterocycles. The van der Waals surface area contributed by atoms with Crippen molar-refractivity contribution in [1.29, 1.82) is 0 Å². The highest BCUT2D eigenvalue weighted by atomic mass is 16.5. The van der Waals surface area contributed by atoms with Crippen molar-refractivity contribution in [2.24, 2.45) is 0 Å². The number of fused-ring (bicyclic) bond motifs is 2. The number of aromatic amines is 1. The summed E-state index contributed by atoms with van der Waals surface area (Å²) in [5.41, 5.74) is 5.80. The summed E-state index contributed by atoms with van der Waals surface area (Å²) in [4.78, 5) is 17.9. The molecule has 0 amide bonds. The van der Waals surface area contributed by atoms with Gasteiger partial charge in [-0.05, 0) is 12.1 Å². The van der Waals surface area contributed by atoms with Crippen molar-refractivity contribution >= 4 is 17.5 Å². The Balaban J connectivity index is 2.19. The predicted molar refractivity (Wildman–Crippen MR) is 59.1 cm³/mol. The quantitative estimate of drug-likeness (QED) is 0.525. The summed E-state index contributed by atoms with van der Waals surface area (Å²) in [6.07, 6.45) is 0. The Hall–Kier alpha value is -2.50. The number of nitrogen functional groups attached to an aromatic ring is 1. The van der Waals surface area contributed by atoms with Gasteiger partial charge >= 0.3 is 0 Å². The molecule has 0 radical (unpaired) electrons. The molecule has 3 rings (SSSR count). The van der Waals surface area contributed by atoms with E-state index < -0.39 is 5.56 Å². The van der Waals surface area contributed by atoms with Crippen molar-refractivity contribution in [3.63, 3.8) is 0 Å². The second kappa shape index (κ2) is 2.99. The Labute approximate surface area is 90.1 Å². The number of nitrogens with zero attached hydrogens (tertiary/aromatic N) is 1. The molecule has 6 nitrogen and oxygen atoms in total. The molecule has 6 heteroatoms. The molecule has 0 aliphatic carbocycles. The minimum absolute atomic E-state index is 0.0548. The smallest absolute Gasteiger partial charge is 0.297 e. The van der Waals surface area contributed by atoms with Crippen LogP contribution in [0.1, 0.15) is 0 Å². The summed E-state index contributed by atoms with van der Waals surface area (Å²) < 4.78 is 5.44. The summed E-state index contributed by atoms with van der Waals surface area (Å²) in [5, 5.41) is 2.99. The van der Waals surface area contributed by atoms with Crippen molar-refractivity contribution in [1.82, 2.24) is 9.97 Å². The van der Waals surface area contributed by atoms with Crippen molar-refractivity contribution in [3.8, 4) is 11.5 Å². The maximum Gasteiger partial charge on any atom is 0.297 e. The van der Waals surface area contributed by atoms with Gasteiger partial charge in [0.05, 0.1) is 5.69 Å². The third-order valence-electron chi connectivity index (χ3n) is 2.25. The fourth-order valence-corrected chi connectivity index (χ4v) is 1.56. The maximum atomic E-state index is 11.6. The van der Waals surface area contributed by atoms with Crippen LogP contribution >= 0.6 is 0 Å². The van der Waals surface area contributed by atoms with Crippen molar-refractivity contribution < 1.29 is 4.74 Å². The Morgan fingerprint density at radius 2 is 2.12 bits per heavy atom. The molecule has 80 valence electrons. The van der Waals surface area contributed by atoms with E-state index in [-0.39, 0.29) is 11.7 Å². The Morgan fingerprint density at radius 1 is 1.31 bits per heavy atom. The van der Waals surface area contributed by atoms with Crippen molar-refractivity contribution in [3.05, 3.63) is 34.6 Å². The summed E-state index contributed by atoms with van der Waals surface area (Å²) in [7, 11) is 0. The lowest BCUT2D eigenvalue weighted by Gasteiger charge is -2.19. The van der Waals surface area contributed by atoms with Crippen molar-refractivity contribution in [2.75, 3.05) is 11.1 Å². The lowest BCUT2D eigenvalue weighted by Crippen LogP contribution is -2.18. The molecule has 4 N–H and O–H groups in total. The first-order chi connectivity index (χ1) is 7.74. The van der Waals surface area contributed by atoms with Gasteiger partial charge < -0.3 is 15.8 Å². The summed E-state index contributed by atoms with van der Waals surface area (Å²) in [6, 6.07) is 7.28. The number of nitrogens with two attached hydrogens (primary N) is 1. The van der Waals surface area contributed by atoms with Gasteiger partial charge in [0.1, 0.15) is 0 Å². The first kappa shape index (κ1) is 8.78. The highest BCUT2D eigenvalue weighted by molar-refractivity contribution is 5.72. The van der Waals surface area contributed by atoms with E-state index in [0.717, 1.165) is 5.69 Å². The topological polar surface area (TPSA) is 93.0 Å². The van der Waals surface area contributed by atoms with Crippen LogP contribution in [-0.4, -0.2) is 9.97 Å². The largest absolute Gasteiger partial charge is 0.445 e. The van der Waals surface area contributed by atoms with E-state index in [0.29, 0.717) is 11.6 Å². The molecule has 0 saturated carbocycles. The summed E-state index contributed by atoms with van der Waals surface area (Å²) in [5.74, 6) is 1.11. The molecule has 0 unspecified atom stereocenters. The lowest BCUT2D eigenvalue weighted by molar-refractivity contribution is 0.470. The predicted octanol–water partition coefficient (Wildman–Crippen LogP) is 1.20. The fourth-order valence-electron chi connectivity index (χ4n) is 1.56. The van der Waals surface area contributed by atoms with Gasteiger partial charge in [-0.25, -0.2) is 0 Å². The van der Waals surface area contributed by atoms with E-state index in [1.807, 2.05) is 18.2 Å². The summed E-state index contributed by atoms with van der Waals surface area (Å²) >= 11 is 0. The number of nitrogens with one attached hydrogen (secondary N) is 2. The van der Waals surface area contributed by atoms with Gasteiger partial charge in [0.25, 0.3) is 5.56 Å². The maximum absolute atomic E-state index is 11.6. The molecule has 2 heterocycles. The van der Waals surface area contributed by atoms with Gasteiger partial charge in [-0.2, -0.15) is 4.98 Å². The fraction of sp³-hybridized carbons (Fsp3) is 0. The van der Waals surface area contributed by atoms with Crippen LogP contribution in [-0.2, 0) is 0 Å². The third kappa shape index (κ3) is 1.20. The SMILES string of the molecule is Nc1nc2c(c(=O)[nH]1)Oc1ccccc1N2. The number of anilines is 3. The van der Waals surface area contributed by atoms with E-state index in [2.05, 4.69) is 15.3 Å². The molecule has 0 bridgehead atoms.